The number of aryl methyl sites for hydroxylation is 2. The van der Waals surface area contributed by atoms with E-state index in [-0.39, 0.29) is 4.90 Å². The normalized spacial score (nSPS) is 12.5. The molecule has 0 aliphatic carbocycles. The molecule has 2 rings (SSSR count). The van der Waals surface area contributed by atoms with Crippen LogP contribution in [0, 0.1) is 6.92 Å². The van der Waals surface area contributed by atoms with Crippen molar-refractivity contribution in [3.63, 3.8) is 0 Å². The zero-order valence-corrected chi connectivity index (χ0v) is 16.2. The van der Waals surface area contributed by atoms with Crippen molar-refractivity contribution in [3.05, 3.63) is 53.6 Å². The van der Waals surface area contributed by atoms with Crippen LogP contribution in [0.5, 0.6) is 5.75 Å². The van der Waals surface area contributed by atoms with E-state index in [2.05, 4.69) is 10.0 Å². The number of ether oxygens (including phenoxy) is 1. The number of hydrogen-bond acceptors (Lipinski definition) is 4. The van der Waals surface area contributed by atoms with Gasteiger partial charge in [-0.1, -0.05) is 19.1 Å². The lowest BCUT2D eigenvalue weighted by Crippen LogP contribution is -2.41. The van der Waals surface area contributed by atoms with Crippen LogP contribution in [0.25, 0.3) is 0 Å². The van der Waals surface area contributed by atoms with Crippen molar-refractivity contribution in [1.82, 2.24) is 4.72 Å². The molecule has 0 aromatic heterocycles. The molecule has 0 fully saturated rings. The Bertz CT molecular complexity index is 877. The van der Waals surface area contributed by atoms with Gasteiger partial charge in [-0.25, -0.2) is 8.42 Å². The quantitative estimate of drug-likeness (QED) is 0.778. The van der Waals surface area contributed by atoms with Crippen molar-refractivity contribution in [2.24, 2.45) is 0 Å². The molecule has 140 valence electrons. The molecular weight excluding hydrogens is 352 g/mol. The molecule has 2 aromatic rings. The maximum atomic E-state index is 12.5. The maximum Gasteiger partial charge on any atom is 0.242 e. The lowest BCUT2D eigenvalue weighted by molar-refractivity contribution is -0.117. The van der Waals surface area contributed by atoms with Crippen LogP contribution >= 0.6 is 0 Å². The largest absolute Gasteiger partial charge is 0.496 e. The highest BCUT2D eigenvalue weighted by Crippen LogP contribution is 2.21. The standard InChI is InChI=1S/C19H24N2O4S/c1-5-15-6-8-16(9-7-15)20-19(22)14(3)21-26(23,24)17-10-11-18(25-4)13(2)12-17/h6-12,14,21H,5H2,1-4H3,(H,20,22)/t14-/m1/s1. The van der Waals surface area contributed by atoms with E-state index < -0.39 is 22.0 Å². The second-order valence-corrected chi connectivity index (χ2v) is 7.73. The molecular formula is C19H24N2O4S. The second kappa shape index (κ2) is 8.33. The number of benzene rings is 2. The molecule has 7 heteroatoms. The number of carbonyl (C=O) groups excluding carboxylic acids is 1. The minimum Gasteiger partial charge on any atom is -0.496 e. The summed E-state index contributed by atoms with van der Waals surface area (Å²) < 4.78 is 32.5. The fourth-order valence-electron chi connectivity index (χ4n) is 2.45. The zero-order valence-electron chi connectivity index (χ0n) is 15.4. The van der Waals surface area contributed by atoms with E-state index in [1.165, 1.54) is 26.2 Å². The van der Waals surface area contributed by atoms with Crippen molar-refractivity contribution in [2.45, 2.75) is 38.1 Å². The molecule has 0 heterocycles. The number of carbonyl (C=O) groups is 1. The van der Waals surface area contributed by atoms with Gasteiger partial charge in [-0.15, -0.1) is 0 Å². The number of rotatable bonds is 7. The Balaban J connectivity index is 2.07. The third-order valence-electron chi connectivity index (χ3n) is 4.03. The Hall–Kier alpha value is -2.38. The fourth-order valence-corrected chi connectivity index (χ4v) is 3.73. The lowest BCUT2D eigenvalue weighted by Gasteiger charge is -2.15. The van der Waals surface area contributed by atoms with E-state index in [0.717, 1.165) is 12.0 Å². The van der Waals surface area contributed by atoms with Crippen LogP contribution in [0.2, 0.25) is 0 Å². The maximum absolute atomic E-state index is 12.5. The summed E-state index contributed by atoms with van der Waals surface area (Å²) in [5, 5.41) is 2.71. The van der Waals surface area contributed by atoms with Gasteiger partial charge in [-0.2, -0.15) is 4.72 Å². The molecule has 0 aliphatic rings. The first kappa shape index (κ1) is 19.9. The molecule has 2 N–H and O–H groups in total. The van der Waals surface area contributed by atoms with Gasteiger partial charge in [0, 0.05) is 5.69 Å². The number of sulfonamides is 1. The van der Waals surface area contributed by atoms with Gasteiger partial charge in [0.05, 0.1) is 18.0 Å². The molecule has 6 nitrogen and oxygen atoms in total. The SMILES string of the molecule is CCc1ccc(NC(=O)[C@@H](C)NS(=O)(=O)c2ccc(OC)c(C)c2)cc1. The van der Waals surface area contributed by atoms with E-state index in [0.29, 0.717) is 17.0 Å². The highest BCUT2D eigenvalue weighted by atomic mass is 32.2. The topological polar surface area (TPSA) is 84.5 Å². The summed E-state index contributed by atoms with van der Waals surface area (Å²) in [6, 6.07) is 11.1. The van der Waals surface area contributed by atoms with E-state index in [1.807, 2.05) is 19.1 Å². The summed E-state index contributed by atoms with van der Waals surface area (Å²) in [7, 11) is -2.30. The van der Waals surface area contributed by atoms with Crippen molar-refractivity contribution in [2.75, 3.05) is 12.4 Å². The molecule has 0 spiro atoms. The number of anilines is 1. The van der Waals surface area contributed by atoms with Crippen LogP contribution in [-0.4, -0.2) is 27.5 Å². The summed E-state index contributed by atoms with van der Waals surface area (Å²) in [6.07, 6.45) is 0.908. The monoisotopic (exact) mass is 376 g/mol. The minimum atomic E-state index is -3.82. The Kier molecular flexibility index (Phi) is 6.39. The van der Waals surface area contributed by atoms with Crippen molar-refractivity contribution in [3.8, 4) is 5.75 Å². The molecule has 26 heavy (non-hydrogen) atoms. The molecule has 0 saturated heterocycles. The number of nitrogens with one attached hydrogen (secondary N) is 2. The van der Waals surface area contributed by atoms with Gasteiger partial charge < -0.3 is 10.1 Å². The van der Waals surface area contributed by atoms with E-state index >= 15 is 0 Å². The van der Waals surface area contributed by atoms with Gasteiger partial charge in [-0.05, 0) is 61.7 Å². The highest BCUT2D eigenvalue weighted by molar-refractivity contribution is 7.89. The van der Waals surface area contributed by atoms with Crippen LogP contribution in [0.15, 0.2) is 47.4 Å². The van der Waals surface area contributed by atoms with Gasteiger partial charge in [-0.3, -0.25) is 4.79 Å². The van der Waals surface area contributed by atoms with Gasteiger partial charge in [0.1, 0.15) is 5.75 Å². The smallest absolute Gasteiger partial charge is 0.242 e. The summed E-state index contributed by atoms with van der Waals surface area (Å²) in [6.45, 7) is 5.31. The third kappa shape index (κ3) is 4.83. The first-order valence-electron chi connectivity index (χ1n) is 8.33. The van der Waals surface area contributed by atoms with Gasteiger partial charge in [0.15, 0.2) is 0 Å². The molecule has 1 amide bonds. The number of hydrogen-bond donors (Lipinski definition) is 2. The molecule has 0 radical (unpaired) electrons. The van der Waals surface area contributed by atoms with Gasteiger partial charge >= 0.3 is 0 Å². The predicted octanol–water partition coefficient (Wildman–Crippen LogP) is 2.87. The van der Waals surface area contributed by atoms with Crippen LogP contribution in [-0.2, 0) is 21.2 Å². The second-order valence-electron chi connectivity index (χ2n) is 6.01. The van der Waals surface area contributed by atoms with E-state index in [9.17, 15) is 13.2 Å². The average Bonchev–Trinajstić information content (AvgIpc) is 2.61. The summed E-state index contributed by atoms with van der Waals surface area (Å²) in [5.41, 5.74) is 2.48. The molecule has 2 aromatic carbocycles. The highest BCUT2D eigenvalue weighted by Gasteiger charge is 2.22. The average molecular weight is 376 g/mol. The molecule has 0 bridgehead atoms. The molecule has 0 aliphatic heterocycles. The molecule has 0 unspecified atom stereocenters. The van der Waals surface area contributed by atoms with Crippen LogP contribution in [0.4, 0.5) is 5.69 Å². The van der Waals surface area contributed by atoms with Crippen molar-refractivity contribution < 1.29 is 17.9 Å². The summed E-state index contributed by atoms with van der Waals surface area (Å²) in [5.74, 6) is 0.174. The molecule has 1 atom stereocenters. The van der Waals surface area contributed by atoms with Crippen LogP contribution in [0.1, 0.15) is 25.0 Å². The Morgan fingerprint density at radius 1 is 1.15 bits per heavy atom. The predicted molar refractivity (Wildman–Crippen MR) is 102 cm³/mol. The lowest BCUT2D eigenvalue weighted by atomic mass is 10.1. The van der Waals surface area contributed by atoms with Crippen LogP contribution < -0.4 is 14.8 Å². The number of methoxy groups -OCH3 is 1. The van der Waals surface area contributed by atoms with Crippen LogP contribution in [0.3, 0.4) is 0 Å². The Morgan fingerprint density at radius 3 is 2.35 bits per heavy atom. The Labute approximate surface area is 154 Å². The molecule has 0 saturated carbocycles. The zero-order chi connectivity index (χ0) is 19.3. The van der Waals surface area contributed by atoms with E-state index in [4.69, 9.17) is 4.74 Å². The first-order valence-corrected chi connectivity index (χ1v) is 9.82. The summed E-state index contributed by atoms with van der Waals surface area (Å²) in [4.78, 5) is 12.4. The Morgan fingerprint density at radius 2 is 1.81 bits per heavy atom. The summed E-state index contributed by atoms with van der Waals surface area (Å²) >= 11 is 0. The van der Waals surface area contributed by atoms with Gasteiger partial charge in [0.2, 0.25) is 15.9 Å². The van der Waals surface area contributed by atoms with Crippen molar-refractivity contribution in [1.29, 1.82) is 0 Å². The first-order chi connectivity index (χ1) is 12.3. The fraction of sp³-hybridized carbons (Fsp3) is 0.316. The number of amides is 1. The van der Waals surface area contributed by atoms with Gasteiger partial charge in [0.25, 0.3) is 0 Å². The van der Waals surface area contributed by atoms with Crippen molar-refractivity contribution >= 4 is 21.6 Å². The third-order valence-corrected chi connectivity index (χ3v) is 5.57. The minimum absolute atomic E-state index is 0.0859. The van der Waals surface area contributed by atoms with E-state index in [1.54, 1.807) is 25.1 Å².